The molecule has 4 nitrogen and oxygen atoms in total. The van der Waals surface area contributed by atoms with Crippen molar-refractivity contribution in [3.8, 4) is 10.7 Å². The van der Waals surface area contributed by atoms with Gasteiger partial charge in [-0.15, -0.1) is 11.3 Å². The Labute approximate surface area is 149 Å². The van der Waals surface area contributed by atoms with Gasteiger partial charge in [0.25, 0.3) is 0 Å². The highest BCUT2D eigenvalue weighted by Crippen LogP contribution is 2.21. The van der Waals surface area contributed by atoms with Gasteiger partial charge in [-0.1, -0.05) is 29.8 Å². The number of carbonyl (C=O) groups is 1. The molecule has 0 bridgehead atoms. The average molecular weight is 359 g/mol. The van der Waals surface area contributed by atoms with Crippen LogP contribution in [0.3, 0.4) is 0 Å². The van der Waals surface area contributed by atoms with E-state index in [4.69, 9.17) is 16.3 Å². The van der Waals surface area contributed by atoms with Gasteiger partial charge in [0.15, 0.2) is 0 Å². The van der Waals surface area contributed by atoms with E-state index in [2.05, 4.69) is 9.97 Å². The van der Waals surface area contributed by atoms with Crippen LogP contribution in [-0.2, 0) is 22.6 Å². The molecule has 0 aliphatic carbocycles. The largest absolute Gasteiger partial charge is 0.459 e. The molecular formula is C18H15ClN2O2S. The molecule has 0 aliphatic heterocycles. The molecule has 2 heterocycles. The number of esters is 1. The number of hydrogen-bond acceptors (Lipinski definition) is 5. The van der Waals surface area contributed by atoms with E-state index >= 15 is 0 Å². The number of halogens is 1. The van der Waals surface area contributed by atoms with Gasteiger partial charge >= 0.3 is 5.97 Å². The number of ether oxygens (including phenoxy) is 1. The number of thiazole rings is 1. The number of hydrogen-bond donors (Lipinski definition) is 0. The lowest BCUT2D eigenvalue weighted by molar-refractivity contribution is -0.145. The fraction of sp³-hybridized carbons (Fsp3) is 0.167. The van der Waals surface area contributed by atoms with Crippen LogP contribution in [0.25, 0.3) is 10.7 Å². The summed E-state index contributed by atoms with van der Waals surface area (Å²) in [5, 5.41) is 3.40. The zero-order chi connectivity index (χ0) is 16.8. The minimum absolute atomic E-state index is 0.183. The van der Waals surface area contributed by atoms with Crippen molar-refractivity contribution in [1.29, 1.82) is 0 Å². The van der Waals surface area contributed by atoms with Gasteiger partial charge in [-0.2, -0.15) is 0 Å². The second-order valence-corrected chi connectivity index (χ2v) is 6.44. The summed E-state index contributed by atoms with van der Waals surface area (Å²) in [6.45, 7) is 0.183. The molecule has 0 fully saturated rings. The van der Waals surface area contributed by atoms with Gasteiger partial charge in [-0.05, 0) is 36.2 Å². The summed E-state index contributed by atoms with van der Waals surface area (Å²) in [4.78, 5) is 20.6. The highest BCUT2D eigenvalue weighted by molar-refractivity contribution is 7.13. The standard InChI is InChI=1S/C18H15ClN2O2S/c19-14-7-4-13(5-8-14)6-9-17(22)23-11-15-12-24-18(21-15)16-3-1-2-10-20-16/h1-5,7-8,10,12H,6,9,11H2. The van der Waals surface area contributed by atoms with Crippen LogP contribution in [0, 0.1) is 0 Å². The molecular weight excluding hydrogens is 344 g/mol. The van der Waals surface area contributed by atoms with Crippen LogP contribution in [0.5, 0.6) is 0 Å². The number of aromatic nitrogens is 2. The Balaban J connectivity index is 1.48. The zero-order valence-electron chi connectivity index (χ0n) is 12.8. The first kappa shape index (κ1) is 16.6. The van der Waals surface area contributed by atoms with Gasteiger partial charge in [-0.25, -0.2) is 4.98 Å². The minimum Gasteiger partial charge on any atom is -0.459 e. The fourth-order valence-corrected chi connectivity index (χ4v) is 3.01. The van der Waals surface area contributed by atoms with Gasteiger partial charge in [0.1, 0.15) is 11.6 Å². The third-order valence-corrected chi connectivity index (χ3v) is 4.51. The molecule has 0 atom stereocenters. The molecule has 0 amide bonds. The Morgan fingerprint density at radius 3 is 2.75 bits per heavy atom. The molecule has 1 aromatic carbocycles. The van der Waals surface area contributed by atoms with Crippen LogP contribution in [-0.4, -0.2) is 15.9 Å². The molecule has 0 radical (unpaired) electrons. The fourth-order valence-electron chi connectivity index (χ4n) is 2.10. The quantitative estimate of drug-likeness (QED) is 0.607. The van der Waals surface area contributed by atoms with Gasteiger partial charge in [0, 0.05) is 23.0 Å². The van der Waals surface area contributed by atoms with Crippen LogP contribution < -0.4 is 0 Å². The lowest BCUT2D eigenvalue weighted by Crippen LogP contribution is -2.06. The van der Waals surface area contributed by atoms with E-state index in [-0.39, 0.29) is 12.6 Å². The molecule has 0 saturated heterocycles. The lowest BCUT2D eigenvalue weighted by atomic mass is 10.1. The number of aryl methyl sites for hydroxylation is 1. The Morgan fingerprint density at radius 2 is 2.00 bits per heavy atom. The first-order valence-corrected chi connectivity index (χ1v) is 8.72. The number of carbonyl (C=O) groups excluding carboxylic acids is 1. The van der Waals surface area contributed by atoms with Gasteiger partial charge in [-0.3, -0.25) is 9.78 Å². The molecule has 0 unspecified atom stereocenters. The molecule has 3 rings (SSSR count). The van der Waals surface area contributed by atoms with Crippen molar-refractivity contribution < 1.29 is 9.53 Å². The van der Waals surface area contributed by atoms with Crippen LogP contribution in [0.1, 0.15) is 17.7 Å². The summed E-state index contributed by atoms with van der Waals surface area (Å²) < 4.78 is 5.28. The molecule has 3 aromatic rings. The predicted molar refractivity (Wildman–Crippen MR) is 94.9 cm³/mol. The zero-order valence-corrected chi connectivity index (χ0v) is 14.4. The average Bonchev–Trinajstić information content (AvgIpc) is 3.09. The van der Waals surface area contributed by atoms with Crippen molar-refractivity contribution in [2.45, 2.75) is 19.4 Å². The van der Waals surface area contributed by atoms with E-state index in [1.165, 1.54) is 11.3 Å². The van der Waals surface area contributed by atoms with Crippen molar-refractivity contribution in [2.75, 3.05) is 0 Å². The summed E-state index contributed by atoms with van der Waals surface area (Å²) >= 11 is 7.32. The monoisotopic (exact) mass is 358 g/mol. The van der Waals surface area contributed by atoms with Crippen LogP contribution in [0.15, 0.2) is 54.0 Å². The third-order valence-electron chi connectivity index (χ3n) is 3.35. The molecule has 0 aliphatic rings. The maximum Gasteiger partial charge on any atom is 0.306 e. The second-order valence-electron chi connectivity index (χ2n) is 5.15. The summed E-state index contributed by atoms with van der Waals surface area (Å²) in [5.74, 6) is -0.239. The third kappa shape index (κ3) is 4.63. The van der Waals surface area contributed by atoms with Gasteiger partial charge in [0.05, 0.1) is 11.4 Å². The number of benzene rings is 1. The van der Waals surface area contributed by atoms with Gasteiger partial charge in [0.2, 0.25) is 0 Å². The predicted octanol–water partition coefficient (Wildman–Crippen LogP) is 4.53. The highest BCUT2D eigenvalue weighted by Gasteiger charge is 2.09. The summed E-state index contributed by atoms with van der Waals surface area (Å²) in [7, 11) is 0. The first-order chi connectivity index (χ1) is 11.7. The highest BCUT2D eigenvalue weighted by atomic mass is 35.5. The van der Waals surface area contributed by atoms with Crippen molar-refractivity contribution in [3.63, 3.8) is 0 Å². The van der Waals surface area contributed by atoms with Crippen molar-refractivity contribution in [2.24, 2.45) is 0 Å². The smallest absolute Gasteiger partial charge is 0.306 e. The molecule has 122 valence electrons. The molecule has 24 heavy (non-hydrogen) atoms. The topological polar surface area (TPSA) is 52.1 Å². The Morgan fingerprint density at radius 1 is 1.17 bits per heavy atom. The summed E-state index contributed by atoms with van der Waals surface area (Å²) in [6.07, 6.45) is 2.69. The normalized spacial score (nSPS) is 10.5. The molecule has 0 spiro atoms. The van der Waals surface area contributed by atoms with E-state index in [9.17, 15) is 4.79 Å². The Hall–Kier alpha value is -2.24. The van der Waals surface area contributed by atoms with E-state index < -0.39 is 0 Å². The SMILES string of the molecule is O=C(CCc1ccc(Cl)cc1)OCc1csc(-c2ccccn2)n1. The number of pyridine rings is 1. The molecule has 0 saturated carbocycles. The molecule has 6 heteroatoms. The molecule has 0 N–H and O–H groups in total. The minimum atomic E-state index is -0.239. The van der Waals surface area contributed by atoms with E-state index in [0.717, 1.165) is 22.0 Å². The number of rotatable bonds is 6. The number of nitrogens with zero attached hydrogens (tertiary/aromatic N) is 2. The van der Waals surface area contributed by atoms with Crippen LogP contribution in [0.2, 0.25) is 5.02 Å². The van der Waals surface area contributed by atoms with Gasteiger partial charge < -0.3 is 4.74 Å². The van der Waals surface area contributed by atoms with E-state index in [1.807, 2.05) is 47.8 Å². The van der Waals surface area contributed by atoms with Crippen LogP contribution >= 0.6 is 22.9 Å². The second kappa shape index (κ2) is 8.04. The summed E-state index contributed by atoms with van der Waals surface area (Å²) in [5.41, 5.74) is 2.62. The van der Waals surface area contributed by atoms with E-state index in [0.29, 0.717) is 17.9 Å². The lowest BCUT2D eigenvalue weighted by Gasteiger charge is -2.03. The van der Waals surface area contributed by atoms with Crippen molar-refractivity contribution in [1.82, 2.24) is 9.97 Å². The maximum atomic E-state index is 11.8. The van der Waals surface area contributed by atoms with Crippen molar-refractivity contribution in [3.05, 3.63) is 70.3 Å². The Kier molecular flexibility index (Phi) is 5.56. The molecule has 2 aromatic heterocycles. The van der Waals surface area contributed by atoms with Crippen molar-refractivity contribution >= 4 is 28.9 Å². The maximum absolute atomic E-state index is 11.8. The Bertz CT molecular complexity index is 803. The first-order valence-electron chi connectivity index (χ1n) is 7.46. The van der Waals surface area contributed by atoms with E-state index in [1.54, 1.807) is 6.20 Å². The van der Waals surface area contributed by atoms with Crippen LogP contribution in [0.4, 0.5) is 0 Å². The summed E-state index contributed by atoms with van der Waals surface area (Å²) in [6, 6.07) is 13.1.